The summed E-state index contributed by atoms with van der Waals surface area (Å²) in [4.78, 5) is 4.15. The molecule has 1 aromatic rings. The summed E-state index contributed by atoms with van der Waals surface area (Å²) < 4.78 is 10.6. The Morgan fingerprint density at radius 3 is 2.69 bits per heavy atom. The summed E-state index contributed by atoms with van der Waals surface area (Å²) in [5.41, 5.74) is 1.81. The lowest BCUT2D eigenvalue weighted by atomic mass is 10.2. The van der Waals surface area contributed by atoms with Crippen LogP contribution in [0.3, 0.4) is 0 Å². The van der Waals surface area contributed by atoms with Crippen molar-refractivity contribution >= 4 is 11.6 Å². The number of halogens is 1. The molecule has 0 atom stereocenters. The summed E-state index contributed by atoms with van der Waals surface area (Å²) in [6, 6.07) is 3.81. The minimum Gasteiger partial charge on any atom is -0.346 e. The van der Waals surface area contributed by atoms with Crippen LogP contribution < -0.4 is 0 Å². The summed E-state index contributed by atoms with van der Waals surface area (Å²) in [5.74, 6) is 0.437. The summed E-state index contributed by atoms with van der Waals surface area (Å²) in [6.45, 7) is 1.31. The summed E-state index contributed by atoms with van der Waals surface area (Å²) >= 11 is 5.61. The number of pyridine rings is 1. The quantitative estimate of drug-likeness (QED) is 0.682. The third-order valence-electron chi connectivity index (χ3n) is 1.88. The maximum atomic E-state index is 5.61. The van der Waals surface area contributed by atoms with Gasteiger partial charge in [0.15, 0.2) is 6.29 Å². The zero-order valence-corrected chi connectivity index (χ0v) is 7.83. The van der Waals surface area contributed by atoms with Gasteiger partial charge in [-0.3, -0.25) is 4.98 Å². The van der Waals surface area contributed by atoms with Crippen molar-refractivity contribution in [3.05, 3.63) is 29.6 Å². The van der Waals surface area contributed by atoms with Gasteiger partial charge in [0.25, 0.3) is 0 Å². The molecule has 1 aliphatic heterocycles. The van der Waals surface area contributed by atoms with E-state index in [9.17, 15) is 0 Å². The minimum atomic E-state index is -0.239. The van der Waals surface area contributed by atoms with Crippen LogP contribution in [0.2, 0.25) is 0 Å². The first-order valence-electron chi connectivity index (χ1n) is 4.14. The van der Waals surface area contributed by atoms with E-state index < -0.39 is 0 Å². The van der Waals surface area contributed by atoms with Crippen LogP contribution in [0.5, 0.6) is 0 Å². The number of rotatable bonds is 2. The van der Waals surface area contributed by atoms with Crippen LogP contribution in [0.4, 0.5) is 0 Å². The van der Waals surface area contributed by atoms with E-state index in [1.165, 1.54) is 0 Å². The third-order valence-corrected chi connectivity index (χ3v) is 2.15. The highest BCUT2D eigenvalue weighted by Crippen LogP contribution is 2.22. The topological polar surface area (TPSA) is 31.4 Å². The van der Waals surface area contributed by atoms with E-state index in [0.29, 0.717) is 19.1 Å². The van der Waals surface area contributed by atoms with Crippen molar-refractivity contribution in [3.63, 3.8) is 0 Å². The molecule has 0 saturated carbocycles. The van der Waals surface area contributed by atoms with E-state index in [-0.39, 0.29) is 6.29 Å². The Morgan fingerprint density at radius 1 is 1.38 bits per heavy atom. The van der Waals surface area contributed by atoms with Crippen LogP contribution in [0.1, 0.15) is 17.5 Å². The maximum Gasteiger partial charge on any atom is 0.185 e. The number of ether oxygens (including phenoxy) is 2. The fraction of sp³-hybridized carbons (Fsp3) is 0.444. The molecule has 2 heterocycles. The zero-order chi connectivity index (χ0) is 9.10. The lowest BCUT2D eigenvalue weighted by molar-refractivity contribution is -0.0443. The molecule has 1 saturated heterocycles. The predicted octanol–water partition coefficient (Wildman–Crippen LogP) is 1.87. The first kappa shape index (κ1) is 8.94. The predicted molar refractivity (Wildman–Crippen MR) is 48.4 cm³/mol. The highest BCUT2D eigenvalue weighted by molar-refractivity contribution is 6.16. The third kappa shape index (κ3) is 1.99. The van der Waals surface area contributed by atoms with Gasteiger partial charge >= 0.3 is 0 Å². The molecule has 0 amide bonds. The van der Waals surface area contributed by atoms with Gasteiger partial charge in [-0.1, -0.05) is 6.07 Å². The average molecular weight is 200 g/mol. The van der Waals surface area contributed by atoms with Crippen molar-refractivity contribution in [3.8, 4) is 0 Å². The number of hydrogen-bond acceptors (Lipinski definition) is 3. The molecule has 70 valence electrons. The average Bonchev–Trinajstić information content (AvgIpc) is 2.71. The fourth-order valence-electron chi connectivity index (χ4n) is 1.21. The van der Waals surface area contributed by atoms with E-state index in [1.54, 1.807) is 6.20 Å². The molecule has 1 aromatic heterocycles. The summed E-state index contributed by atoms with van der Waals surface area (Å²) in [7, 11) is 0. The fourth-order valence-corrected chi connectivity index (χ4v) is 1.36. The van der Waals surface area contributed by atoms with Crippen molar-refractivity contribution in [1.82, 2.24) is 4.98 Å². The molecule has 0 spiro atoms. The van der Waals surface area contributed by atoms with Gasteiger partial charge in [-0.2, -0.15) is 0 Å². The van der Waals surface area contributed by atoms with E-state index in [4.69, 9.17) is 21.1 Å². The second-order valence-corrected chi connectivity index (χ2v) is 3.06. The molecule has 0 unspecified atom stereocenters. The Bertz CT molecular complexity index is 269. The van der Waals surface area contributed by atoms with Gasteiger partial charge in [-0.25, -0.2) is 0 Å². The molecule has 1 fully saturated rings. The molecule has 0 radical (unpaired) electrons. The Kier molecular flexibility index (Phi) is 2.78. The molecule has 0 aromatic carbocycles. The Morgan fingerprint density at radius 2 is 2.15 bits per heavy atom. The number of alkyl halides is 1. The van der Waals surface area contributed by atoms with Crippen LogP contribution in [-0.2, 0) is 15.4 Å². The number of hydrogen-bond donors (Lipinski definition) is 0. The van der Waals surface area contributed by atoms with Gasteiger partial charge in [0, 0.05) is 11.8 Å². The Balaban J connectivity index is 2.12. The summed E-state index contributed by atoms with van der Waals surface area (Å²) in [5, 5.41) is 0. The van der Waals surface area contributed by atoms with E-state index in [0.717, 1.165) is 11.3 Å². The highest BCUT2D eigenvalue weighted by Gasteiger charge is 2.17. The van der Waals surface area contributed by atoms with Gasteiger partial charge in [0.2, 0.25) is 0 Å². The minimum absolute atomic E-state index is 0.239. The van der Waals surface area contributed by atoms with Gasteiger partial charge in [-0.05, 0) is 6.07 Å². The van der Waals surface area contributed by atoms with Gasteiger partial charge in [0.05, 0.1) is 24.8 Å². The van der Waals surface area contributed by atoms with Crippen molar-refractivity contribution in [1.29, 1.82) is 0 Å². The van der Waals surface area contributed by atoms with Gasteiger partial charge in [0.1, 0.15) is 0 Å². The van der Waals surface area contributed by atoms with E-state index in [2.05, 4.69) is 4.98 Å². The standard InChI is InChI=1S/C9H10ClNO2/c10-5-8-2-1-7(6-11-8)9-12-3-4-13-9/h1-2,6,9H,3-5H2. The second kappa shape index (κ2) is 4.05. The monoisotopic (exact) mass is 199 g/mol. The van der Waals surface area contributed by atoms with Crippen LogP contribution in [-0.4, -0.2) is 18.2 Å². The molecule has 3 nitrogen and oxygen atoms in total. The van der Waals surface area contributed by atoms with Crippen LogP contribution in [0, 0.1) is 0 Å². The highest BCUT2D eigenvalue weighted by atomic mass is 35.5. The van der Waals surface area contributed by atoms with Crippen LogP contribution in [0.25, 0.3) is 0 Å². The molecule has 13 heavy (non-hydrogen) atoms. The van der Waals surface area contributed by atoms with E-state index >= 15 is 0 Å². The molecule has 1 aliphatic rings. The van der Waals surface area contributed by atoms with Crippen LogP contribution >= 0.6 is 11.6 Å². The molecule has 2 rings (SSSR count). The Hall–Kier alpha value is -0.640. The molecule has 0 aliphatic carbocycles. The SMILES string of the molecule is ClCc1ccc(C2OCCO2)cn1. The summed E-state index contributed by atoms with van der Waals surface area (Å²) in [6.07, 6.45) is 1.50. The van der Waals surface area contributed by atoms with Crippen molar-refractivity contribution in [2.45, 2.75) is 12.2 Å². The lowest BCUT2D eigenvalue weighted by Crippen LogP contribution is -1.99. The maximum absolute atomic E-state index is 5.61. The first-order chi connectivity index (χ1) is 6.40. The van der Waals surface area contributed by atoms with Gasteiger partial charge in [-0.15, -0.1) is 11.6 Å². The van der Waals surface area contributed by atoms with Crippen molar-refractivity contribution in [2.24, 2.45) is 0 Å². The van der Waals surface area contributed by atoms with Gasteiger partial charge < -0.3 is 9.47 Å². The van der Waals surface area contributed by atoms with Crippen molar-refractivity contribution < 1.29 is 9.47 Å². The number of nitrogens with zero attached hydrogens (tertiary/aromatic N) is 1. The normalized spacial score (nSPS) is 17.9. The van der Waals surface area contributed by atoms with E-state index in [1.807, 2.05) is 12.1 Å². The Labute approximate surface area is 81.6 Å². The molecular weight excluding hydrogens is 190 g/mol. The smallest absolute Gasteiger partial charge is 0.185 e. The lowest BCUT2D eigenvalue weighted by Gasteiger charge is -2.08. The molecular formula is C9H10ClNO2. The zero-order valence-electron chi connectivity index (χ0n) is 7.07. The van der Waals surface area contributed by atoms with Crippen LogP contribution in [0.15, 0.2) is 18.3 Å². The first-order valence-corrected chi connectivity index (χ1v) is 4.67. The number of aromatic nitrogens is 1. The largest absolute Gasteiger partial charge is 0.346 e. The second-order valence-electron chi connectivity index (χ2n) is 2.79. The molecule has 0 N–H and O–H groups in total. The van der Waals surface area contributed by atoms with Crippen molar-refractivity contribution in [2.75, 3.05) is 13.2 Å². The molecule has 0 bridgehead atoms. The molecule has 4 heteroatoms.